The second-order valence-corrected chi connectivity index (χ2v) is 4.49. The predicted octanol–water partition coefficient (Wildman–Crippen LogP) is 2.11. The third-order valence-electron chi connectivity index (χ3n) is 2.92. The zero-order valence-corrected chi connectivity index (χ0v) is 11.9. The average molecular weight is 301 g/mol. The molecule has 0 spiro atoms. The van der Waals surface area contributed by atoms with Gasteiger partial charge in [-0.1, -0.05) is 0 Å². The number of furan rings is 1. The third-order valence-corrected chi connectivity index (χ3v) is 2.92. The molecule has 0 bridgehead atoms. The van der Waals surface area contributed by atoms with Crippen molar-refractivity contribution in [2.75, 3.05) is 11.9 Å². The van der Waals surface area contributed by atoms with Gasteiger partial charge in [-0.2, -0.15) is 10.2 Å². The number of nitrogens with one attached hydrogen (secondary N) is 2. The predicted molar refractivity (Wildman–Crippen MR) is 78.1 cm³/mol. The highest BCUT2D eigenvalue weighted by Gasteiger charge is 2.13. The smallest absolute Gasteiger partial charge is 0.276 e. The van der Waals surface area contributed by atoms with E-state index in [1.807, 2.05) is 6.92 Å². The molecular formula is C14H15N5O3. The van der Waals surface area contributed by atoms with E-state index in [1.165, 1.54) is 0 Å². The summed E-state index contributed by atoms with van der Waals surface area (Å²) in [4.78, 5) is 12.1. The van der Waals surface area contributed by atoms with E-state index in [0.29, 0.717) is 30.5 Å². The van der Waals surface area contributed by atoms with Gasteiger partial charge >= 0.3 is 0 Å². The number of hydrogen-bond donors (Lipinski definition) is 2. The van der Waals surface area contributed by atoms with Gasteiger partial charge in [-0.15, -0.1) is 0 Å². The summed E-state index contributed by atoms with van der Waals surface area (Å²) >= 11 is 0. The van der Waals surface area contributed by atoms with Gasteiger partial charge in [0.25, 0.3) is 5.91 Å². The summed E-state index contributed by atoms with van der Waals surface area (Å²) in [6, 6.07) is 5.18. The molecule has 22 heavy (non-hydrogen) atoms. The van der Waals surface area contributed by atoms with E-state index in [9.17, 15) is 4.79 Å². The monoisotopic (exact) mass is 301 g/mol. The molecule has 2 N–H and O–H groups in total. The van der Waals surface area contributed by atoms with E-state index < -0.39 is 0 Å². The molecule has 0 atom stereocenters. The first-order chi connectivity index (χ1) is 10.8. The highest BCUT2D eigenvalue weighted by atomic mass is 16.5. The molecule has 0 radical (unpaired) electrons. The van der Waals surface area contributed by atoms with Crippen LogP contribution in [0.25, 0.3) is 11.5 Å². The Morgan fingerprint density at radius 2 is 2.45 bits per heavy atom. The largest absolute Gasteiger partial charge is 0.463 e. The van der Waals surface area contributed by atoms with Crippen molar-refractivity contribution in [2.45, 2.75) is 13.7 Å². The summed E-state index contributed by atoms with van der Waals surface area (Å²) in [7, 11) is 0. The van der Waals surface area contributed by atoms with Crippen molar-refractivity contribution in [3.8, 4) is 11.5 Å². The summed E-state index contributed by atoms with van der Waals surface area (Å²) in [5, 5.41) is 13.5. The normalized spacial score (nSPS) is 10.8. The number of amides is 1. The molecule has 0 aromatic carbocycles. The molecule has 0 aliphatic rings. The van der Waals surface area contributed by atoms with Crippen LogP contribution in [0.1, 0.15) is 17.4 Å². The number of hydrogen-bond acceptors (Lipinski definition) is 5. The third kappa shape index (κ3) is 3.07. The van der Waals surface area contributed by atoms with E-state index in [1.54, 1.807) is 41.5 Å². The topological polar surface area (TPSA) is 98.0 Å². The first-order valence-electron chi connectivity index (χ1n) is 6.77. The Balaban J connectivity index is 1.65. The Hall–Kier alpha value is -2.87. The fraction of sp³-hybridized carbons (Fsp3) is 0.214. The van der Waals surface area contributed by atoms with Crippen molar-refractivity contribution < 1.29 is 13.9 Å². The van der Waals surface area contributed by atoms with Crippen LogP contribution in [-0.4, -0.2) is 32.5 Å². The van der Waals surface area contributed by atoms with Gasteiger partial charge in [0.05, 0.1) is 24.3 Å². The average Bonchev–Trinajstić information content (AvgIpc) is 3.25. The zero-order valence-electron chi connectivity index (χ0n) is 11.9. The lowest BCUT2D eigenvalue weighted by molar-refractivity contribution is 0.0792. The number of aromatic amines is 1. The molecule has 0 unspecified atom stereocenters. The lowest BCUT2D eigenvalue weighted by Crippen LogP contribution is -2.12. The second-order valence-electron chi connectivity index (χ2n) is 4.49. The van der Waals surface area contributed by atoms with Gasteiger partial charge in [-0.25, -0.2) is 4.68 Å². The Morgan fingerprint density at radius 1 is 1.55 bits per heavy atom. The van der Waals surface area contributed by atoms with E-state index in [-0.39, 0.29) is 11.6 Å². The molecule has 0 fully saturated rings. The van der Waals surface area contributed by atoms with Crippen molar-refractivity contribution in [2.24, 2.45) is 0 Å². The minimum absolute atomic E-state index is 0.268. The van der Waals surface area contributed by atoms with Crippen LogP contribution in [0.5, 0.6) is 0 Å². The Labute approximate surface area is 126 Å². The fourth-order valence-electron chi connectivity index (χ4n) is 1.87. The standard InChI is InChI=1S/C14H15N5O3/c1-2-21-9-19-8-10(7-15-19)16-14(20)12-6-11(17-18-12)13-4-3-5-22-13/h3-8H,2,9H2,1H3,(H,16,20)(H,17,18). The van der Waals surface area contributed by atoms with Crippen LogP contribution in [0.15, 0.2) is 41.3 Å². The molecule has 3 aromatic rings. The van der Waals surface area contributed by atoms with Crippen LogP contribution >= 0.6 is 0 Å². The highest BCUT2D eigenvalue weighted by molar-refractivity contribution is 6.03. The Bertz CT molecular complexity index is 744. The molecule has 114 valence electrons. The number of aromatic nitrogens is 4. The summed E-state index contributed by atoms with van der Waals surface area (Å²) < 4.78 is 12.1. The first-order valence-corrected chi connectivity index (χ1v) is 6.77. The Morgan fingerprint density at radius 3 is 3.23 bits per heavy atom. The summed E-state index contributed by atoms with van der Waals surface area (Å²) in [5.41, 5.74) is 1.48. The maximum atomic E-state index is 12.1. The van der Waals surface area contributed by atoms with Crippen molar-refractivity contribution in [3.63, 3.8) is 0 Å². The zero-order chi connectivity index (χ0) is 15.4. The molecule has 3 heterocycles. The number of anilines is 1. The molecule has 8 nitrogen and oxygen atoms in total. The van der Waals surface area contributed by atoms with Gasteiger partial charge < -0.3 is 14.5 Å². The lowest BCUT2D eigenvalue weighted by atomic mass is 10.3. The van der Waals surface area contributed by atoms with Gasteiger partial charge in [-0.3, -0.25) is 9.89 Å². The Kier molecular flexibility index (Phi) is 4.01. The van der Waals surface area contributed by atoms with Crippen molar-refractivity contribution in [1.29, 1.82) is 0 Å². The molecule has 3 rings (SSSR count). The SMILES string of the molecule is CCOCn1cc(NC(=O)c2cc(-c3ccco3)[nH]n2)cn1. The molecule has 0 aliphatic carbocycles. The number of H-pyrrole nitrogens is 1. The van der Waals surface area contributed by atoms with E-state index >= 15 is 0 Å². The molecule has 0 saturated heterocycles. The minimum atomic E-state index is -0.329. The van der Waals surface area contributed by atoms with Crippen LogP contribution in [0.3, 0.4) is 0 Å². The molecule has 0 saturated carbocycles. The molecule has 1 amide bonds. The van der Waals surface area contributed by atoms with Crippen LogP contribution < -0.4 is 5.32 Å². The van der Waals surface area contributed by atoms with Crippen LogP contribution in [0.2, 0.25) is 0 Å². The summed E-state index contributed by atoms with van der Waals surface area (Å²) in [6.45, 7) is 2.85. The van der Waals surface area contributed by atoms with Crippen molar-refractivity contribution >= 4 is 11.6 Å². The fourth-order valence-corrected chi connectivity index (χ4v) is 1.87. The van der Waals surface area contributed by atoms with Crippen molar-refractivity contribution in [1.82, 2.24) is 20.0 Å². The minimum Gasteiger partial charge on any atom is -0.463 e. The van der Waals surface area contributed by atoms with Gasteiger partial charge in [-0.05, 0) is 19.1 Å². The van der Waals surface area contributed by atoms with Gasteiger partial charge in [0.15, 0.2) is 11.5 Å². The number of ether oxygens (including phenoxy) is 1. The molecule has 3 aromatic heterocycles. The molecule has 8 heteroatoms. The molecule has 0 aliphatic heterocycles. The van der Waals surface area contributed by atoms with E-state index in [2.05, 4.69) is 20.6 Å². The maximum absolute atomic E-state index is 12.1. The molecular weight excluding hydrogens is 286 g/mol. The van der Waals surface area contributed by atoms with Crippen molar-refractivity contribution in [3.05, 3.63) is 42.5 Å². The number of carbonyl (C=O) groups excluding carboxylic acids is 1. The summed E-state index contributed by atoms with van der Waals surface area (Å²) in [6.07, 6.45) is 4.80. The summed E-state index contributed by atoms with van der Waals surface area (Å²) in [5.74, 6) is 0.293. The number of carbonyl (C=O) groups is 1. The quantitative estimate of drug-likeness (QED) is 0.726. The van der Waals surface area contributed by atoms with Gasteiger partial charge in [0, 0.05) is 12.7 Å². The van der Waals surface area contributed by atoms with E-state index in [4.69, 9.17) is 9.15 Å². The van der Waals surface area contributed by atoms with Gasteiger partial charge in [0.1, 0.15) is 12.4 Å². The number of nitrogens with zero attached hydrogens (tertiary/aromatic N) is 3. The highest BCUT2D eigenvalue weighted by Crippen LogP contribution is 2.18. The van der Waals surface area contributed by atoms with Crippen LogP contribution in [0, 0.1) is 0 Å². The first kappa shape index (κ1) is 14.1. The second kappa shape index (κ2) is 6.27. The van der Waals surface area contributed by atoms with Gasteiger partial charge in [0.2, 0.25) is 0 Å². The van der Waals surface area contributed by atoms with E-state index in [0.717, 1.165) is 0 Å². The van der Waals surface area contributed by atoms with Crippen LogP contribution in [0.4, 0.5) is 5.69 Å². The maximum Gasteiger partial charge on any atom is 0.276 e. The van der Waals surface area contributed by atoms with Crippen LogP contribution in [-0.2, 0) is 11.5 Å². The number of rotatable bonds is 6. The lowest BCUT2D eigenvalue weighted by Gasteiger charge is -2.00.